The second-order valence-corrected chi connectivity index (χ2v) is 6.13. The minimum absolute atomic E-state index is 0.0440. The molecule has 0 aromatic rings. The van der Waals surface area contributed by atoms with E-state index in [2.05, 4.69) is 10.0 Å². The van der Waals surface area contributed by atoms with E-state index in [-0.39, 0.29) is 17.9 Å². The Morgan fingerprint density at radius 2 is 2.06 bits per heavy atom. The van der Waals surface area contributed by atoms with Gasteiger partial charge in [-0.25, -0.2) is 13.1 Å². The molecule has 1 fully saturated rings. The van der Waals surface area contributed by atoms with Crippen molar-refractivity contribution in [1.29, 1.82) is 0 Å². The minimum Gasteiger partial charge on any atom is -0.356 e. The summed E-state index contributed by atoms with van der Waals surface area (Å²) in [6.07, 6.45) is 4.34. The van der Waals surface area contributed by atoms with Gasteiger partial charge in [-0.3, -0.25) is 4.79 Å². The molecule has 94 valence electrons. The van der Waals surface area contributed by atoms with Crippen LogP contribution in [0.2, 0.25) is 0 Å². The van der Waals surface area contributed by atoms with Gasteiger partial charge in [0.1, 0.15) is 0 Å². The minimum atomic E-state index is -3.17. The van der Waals surface area contributed by atoms with Crippen LogP contribution in [-0.4, -0.2) is 33.2 Å². The van der Waals surface area contributed by atoms with Gasteiger partial charge in [-0.05, 0) is 26.2 Å². The number of carbonyl (C=O) groups is 1. The maximum Gasteiger partial charge on any atom is 0.223 e. The first-order valence-electron chi connectivity index (χ1n) is 5.67. The van der Waals surface area contributed by atoms with Crippen LogP contribution in [0.1, 0.15) is 32.6 Å². The molecule has 0 aromatic carbocycles. The first kappa shape index (κ1) is 13.4. The summed E-state index contributed by atoms with van der Waals surface area (Å²) in [5.74, 6) is -0.00421. The molecular formula is C10H20N2O3S. The second-order valence-electron chi connectivity index (χ2n) is 4.35. The summed E-state index contributed by atoms with van der Waals surface area (Å²) in [5.41, 5.74) is 0. The number of amides is 1. The molecular weight excluding hydrogens is 228 g/mol. The van der Waals surface area contributed by atoms with E-state index in [0.717, 1.165) is 25.5 Å². The third-order valence-electron chi connectivity index (χ3n) is 2.78. The molecule has 0 heterocycles. The van der Waals surface area contributed by atoms with E-state index in [1.165, 1.54) is 0 Å². The smallest absolute Gasteiger partial charge is 0.223 e. The van der Waals surface area contributed by atoms with E-state index in [4.69, 9.17) is 0 Å². The molecule has 16 heavy (non-hydrogen) atoms. The van der Waals surface area contributed by atoms with Gasteiger partial charge in [0.25, 0.3) is 0 Å². The van der Waals surface area contributed by atoms with Gasteiger partial charge in [-0.2, -0.15) is 0 Å². The number of rotatable bonds is 4. The Balaban J connectivity index is 2.50. The SMILES string of the molecule is CCNC(=O)C1CCCC(NS(C)(=O)=O)C1. The Bertz CT molecular complexity index is 340. The molecule has 0 bridgehead atoms. The maximum absolute atomic E-state index is 11.6. The molecule has 1 aliphatic rings. The highest BCUT2D eigenvalue weighted by Gasteiger charge is 2.28. The van der Waals surface area contributed by atoms with Gasteiger partial charge >= 0.3 is 0 Å². The van der Waals surface area contributed by atoms with E-state index in [1.54, 1.807) is 0 Å². The summed E-state index contributed by atoms with van der Waals surface area (Å²) in [6.45, 7) is 2.51. The first-order valence-corrected chi connectivity index (χ1v) is 7.56. The van der Waals surface area contributed by atoms with E-state index >= 15 is 0 Å². The highest BCUT2D eigenvalue weighted by molar-refractivity contribution is 7.88. The Morgan fingerprint density at radius 3 is 2.62 bits per heavy atom. The highest BCUT2D eigenvalue weighted by Crippen LogP contribution is 2.24. The molecule has 1 amide bonds. The summed E-state index contributed by atoms with van der Waals surface area (Å²) in [5, 5.41) is 2.78. The summed E-state index contributed by atoms with van der Waals surface area (Å²) in [4.78, 5) is 11.6. The van der Waals surface area contributed by atoms with Crippen molar-refractivity contribution in [2.24, 2.45) is 5.92 Å². The van der Waals surface area contributed by atoms with Gasteiger partial charge in [0.05, 0.1) is 6.26 Å². The fraction of sp³-hybridized carbons (Fsp3) is 0.900. The van der Waals surface area contributed by atoms with Gasteiger partial charge in [-0.1, -0.05) is 6.42 Å². The predicted molar refractivity (Wildman–Crippen MR) is 62.4 cm³/mol. The van der Waals surface area contributed by atoms with Crippen LogP contribution >= 0.6 is 0 Å². The standard InChI is InChI=1S/C10H20N2O3S/c1-3-11-10(13)8-5-4-6-9(7-8)12-16(2,14)15/h8-9,12H,3-7H2,1-2H3,(H,11,13). The Hall–Kier alpha value is -0.620. The highest BCUT2D eigenvalue weighted by atomic mass is 32.2. The topological polar surface area (TPSA) is 75.3 Å². The van der Waals surface area contributed by atoms with Crippen molar-refractivity contribution >= 4 is 15.9 Å². The second kappa shape index (κ2) is 5.63. The zero-order valence-corrected chi connectivity index (χ0v) is 10.6. The summed E-state index contributed by atoms with van der Waals surface area (Å²) in [6, 6.07) is -0.0867. The van der Waals surface area contributed by atoms with Crippen molar-refractivity contribution in [3.05, 3.63) is 0 Å². The molecule has 2 atom stereocenters. The van der Waals surface area contributed by atoms with E-state index in [9.17, 15) is 13.2 Å². The van der Waals surface area contributed by atoms with E-state index in [1.807, 2.05) is 6.92 Å². The molecule has 5 nitrogen and oxygen atoms in total. The number of hydrogen-bond acceptors (Lipinski definition) is 3. The number of nitrogens with one attached hydrogen (secondary N) is 2. The molecule has 0 radical (unpaired) electrons. The van der Waals surface area contributed by atoms with Crippen molar-refractivity contribution < 1.29 is 13.2 Å². The molecule has 2 N–H and O–H groups in total. The Labute approximate surface area is 97.0 Å². The van der Waals surface area contributed by atoms with Crippen LogP contribution in [0.4, 0.5) is 0 Å². The van der Waals surface area contributed by atoms with Crippen LogP contribution in [0.25, 0.3) is 0 Å². The maximum atomic E-state index is 11.6. The number of hydrogen-bond donors (Lipinski definition) is 2. The normalized spacial score (nSPS) is 26.4. The molecule has 2 unspecified atom stereocenters. The lowest BCUT2D eigenvalue weighted by Crippen LogP contribution is -2.42. The average molecular weight is 248 g/mol. The number of carbonyl (C=O) groups excluding carboxylic acids is 1. The van der Waals surface area contributed by atoms with Gasteiger partial charge in [0.2, 0.25) is 15.9 Å². The first-order chi connectivity index (χ1) is 7.42. The molecule has 0 saturated heterocycles. The molecule has 0 spiro atoms. The molecule has 1 saturated carbocycles. The molecule has 1 rings (SSSR count). The zero-order chi connectivity index (χ0) is 12.2. The van der Waals surface area contributed by atoms with Gasteiger partial charge in [0.15, 0.2) is 0 Å². The molecule has 0 aromatic heterocycles. The molecule has 0 aliphatic heterocycles. The van der Waals surface area contributed by atoms with Gasteiger partial charge < -0.3 is 5.32 Å². The fourth-order valence-electron chi connectivity index (χ4n) is 2.16. The Morgan fingerprint density at radius 1 is 1.38 bits per heavy atom. The van der Waals surface area contributed by atoms with Crippen LogP contribution in [0.5, 0.6) is 0 Å². The van der Waals surface area contributed by atoms with Crippen molar-refractivity contribution in [2.45, 2.75) is 38.6 Å². The van der Waals surface area contributed by atoms with Crippen LogP contribution in [0.3, 0.4) is 0 Å². The van der Waals surface area contributed by atoms with Crippen molar-refractivity contribution in [3.63, 3.8) is 0 Å². The monoisotopic (exact) mass is 248 g/mol. The number of sulfonamides is 1. The average Bonchev–Trinajstić information content (AvgIpc) is 2.16. The van der Waals surface area contributed by atoms with E-state index < -0.39 is 10.0 Å². The van der Waals surface area contributed by atoms with Gasteiger partial charge in [0, 0.05) is 18.5 Å². The molecule has 1 aliphatic carbocycles. The summed E-state index contributed by atoms with van der Waals surface area (Å²) >= 11 is 0. The summed E-state index contributed by atoms with van der Waals surface area (Å²) < 4.78 is 24.8. The third kappa shape index (κ3) is 4.49. The van der Waals surface area contributed by atoms with Crippen LogP contribution in [0, 0.1) is 5.92 Å². The van der Waals surface area contributed by atoms with Crippen LogP contribution in [-0.2, 0) is 14.8 Å². The Kier molecular flexibility index (Phi) is 4.73. The quantitative estimate of drug-likeness (QED) is 0.748. The molecule has 6 heteroatoms. The zero-order valence-electron chi connectivity index (χ0n) is 9.82. The fourth-order valence-corrected chi connectivity index (χ4v) is 2.98. The third-order valence-corrected chi connectivity index (χ3v) is 3.54. The predicted octanol–water partition coefficient (Wildman–Crippen LogP) is 0.231. The lowest BCUT2D eigenvalue weighted by molar-refractivity contribution is -0.126. The lowest BCUT2D eigenvalue weighted by atomic mass is 9.85. The van der Waals surface area contributed by atoms with Crippen LogP contribution in [0.15, 0.2) is 0 Å². The van der Waals surface area contributed by atoms with Crippen molar-refractivity contribution in [3.8, 4) is 0 Å². The lowest BCUT2D eigenvalue weighted by Gasteiger charge is -2.28. The largest absolute Gasteiger partial charge is 0.356 e. The van der Waals surface area contributed by atoms with Crippen molar-refractivity contribution in [2.75, 3.05) is 12.8 Å². The van der Waals surface area contributed by atoms with Crippen LogP contribution < -0.4 is 10.0 Å². The van der Waals surface area contributed by atoms with E-state index in [0.29, 0.717) is 13.0 Å². The van der Waals surface area contributed by atoms with Gasteiger partial charge in [-0.15, -0.1) is 0 Å². The van der Waals surface area contributed by atoms with Crippen molar-refractivity contribution in [1.82, 2.24) is 10.0 Å². The summed E-state index contributed by atoms with van der Waals surface area (Å²) in [7, 11) is -3.17.